The van der Waals surface area contributed by atoms with Crippen molar-refractivity contribution in [3.05, 3.63) is 18.0 Å². The number of hydrogen-bond donors (Lipinski definition) is 0. The average Bonchev–Trinajstić information content (AvgIpc) is 3.03. The molecule has 0 spiro atoms. The van der Waals surface area contributed by atoms with Crippen LogP contribution in [-0.4, -0.2) is 68.0 Å². The summed E-state index contributed by atoms with van der Waals surface area (Å²) >= 11 is 0. The molecule has 1 saturated heterocycles. The maximum Gasteiger partial charge on any atom is 0.124 e. The van der Waals surface area contributed by atoms with Gasteiger partial charge in [-0.25, -0.2) is 0 Å². The van der Waals surface area contributed by atoms with Crippen molar-refractivity contribution in [1.29, 1.82) is 0 Å². The molecule has 21 heavy (non-hydrogen) atoms. The molecule has 5 nitrogen and oxygen atoms in total. The second-order valence-corrected chi connectivity index (χ2v) is 5.27. The second kappa shape index (κ2) is 11.7. The average molecular weight is 300 g/mol. The van der Waals surface area contributed by atoms with E-state index in [1.807, 2.05) is 33.8 Å². The van der Waals surface area contributed by atoms with Gasteiger partial charge in [0.15, 0.2) is 0 Å². The summed E-state index contributed by atoms with van der Waals surface area (Å²) in [5.74, 6) is 0. The fourth-order valence-corrected chi connectivity index (χ4v) is 1.95. The Balaban J connectivity index is 0.000000921. The molecular formula is C16H34N3O2+. The molecule has 1 aromatic heterocycles. The molecular weight excluding hydrogens is 266 g/mol. The van der Waals surface area contributed by atoms with Gasteiger partial charge in [-0.2, -0.15) is 0 Å². The fourth-order valence-electron chi connectivity index (χ4n) is 1.95. The minimum Gasteiger partial charge on any atom is -0.374 e. The molecule has 0 bridgehead atoms. The number of rotatable bonds is 5. The lowest BCUT2D eigenvalue weighted by atomic mass is 10.3. The van der Waals surface area contributed by atoms with Gasteiger partial charge in [0, 0.05) is 25.7 Å². The Hall–Kier alpha value is -0.910. The van der Waals surface area contributed by atoms with E-state index in [9.17, 15) is 0 Å². The normalized spacial score (nSPS) is 17.2. The van der Waals surface area contributed by atoms with E-state index in [4.69, 9.17) is 9.26 Å². The van der Waals surface area contributed by atoms with Gasteiger partial charge in [-0.05, 0) is 0 Å². The standard InChI is InChI=1S/C12H22N3O2.2C2H6/c1-15(2)7-4-14(5-8-15)6-10-16-11-12-3-9-17-13-12;2*1-2/h3,9H,4-8,10-11H2,1-2H3;2*1-2H3/q+1;;. The number of quaternary nitrogens is 1. The molecule has 1 aromatic rings. The molecule has 0 amide bonds. The smallest absolute Gasteiger partial charge is 0.124 e. The van der Waals surface area contributed by atoms with Crippen molar-refractivity contribution < 1.29 is 13.7 Å². The van der Waals surface area contributed by atoms with Crippen LogP contribution in [-0.2, 0) is 11.3 Å². The number of nitrogens with zero attached hydrogens (tertiary/aromatic N) is 3. The zero-order valence-electron chi connectivity index (χ0n) is 14.8. The Morgan fingerprint density at radius 1 is 1.19 bits per heavy atom. The Morgan fingerprint density at radius 2 is 1.81 bits per heavy atom. The van der Waals surface area contributed by atoms with Crippen molar-refractivity contribution in [3.63, 3.8) is 0 Å². The van der Waals surface area contributed by atoms with Gasteiger partial charge in [-0.3, -0.25) is 4.90 Å². The van der Waals surface area contributed by atoms with Gasteiger partial charge in [-0.1, -0.05) is 32.9 Å². The fraction of sp³-hybridized carbons (Fsp3) is 0.812. The number of likely N-dealkylation sites (N-methyl/N-ethyl adjacent to an activating group) is 1. The van der Waals surface area contributed by atoms with E-state index >= 15 is 0 Å². The van der Waals surface area contributed by atoms with Crippen LogP contribution in [0, 0.1) is 0 Å². The zero-order chi connectivity index (χ0) is 16.1. The Kier molecular flexibility index (Phi) is 11.2. The van der Waals surface area contributed by atoms with E-state index in [0.717, 1.165) is 23.3 Å². The third-order valence-corrected chi connectivity index (χ3v) is 3.34. The van der Waals surface area contributed by atoms with E-state index in [-0.39, 0.29) is 0 Å². The molecule has 2 rings (SSSR count). The number of hydrogen-bond acceptors (Lipinski definition) is 4. The molecule has 0 N–H and O–H groups in total. The van der Waals surface area contributed by atoms with Crippen molar-refractivity contribution in [2.75, 3.05) is 53.4 Å². The van der Waals surface area contributed by atoms with Crippen LogP contribution in [0.15, 0.2) is 16.9 Å². The first-order valence-corrected chi connectivity index (χ1v) is 8.17. The SMILES string of the molecule is CC.CC.C[N+]1(C)CCN(CCOCc2ccon2)CC1. The lowest BCUT2D eigenvalue weighted by Crippen LogP contribution is -2.55. The van der Waals surface area contributed by atoms with Crippen LogP contribution in [0.25, 0.3) is 0 Å². The summed E-state index contributed by atoms with van der Waals surface area (Å²) in [6, 6.07) is 1.83. The lowest BCUT2D eigenvalue weighted by molar-refractivity contribution is -0.894. The summed E-state index contributed by atoms with van der Waals surface area (Å²) in [5, 5.41) is 3.80. The van der Waals surface area contributed by atoms with Crippen LogP contribution in [0.5, 0.6) is 0 Å². The van der Waals surface area contributed by atoms with Gasteiger partial charge in [0.1, 0.15) is 12.0 Å². The molecule has 1 aliphatic rings. The quantitative estimate of drug-likeness (QED) is 0.619. The van der Waals surface area contributed by atoms with Crippen LogP contribution < -0.4 is 0 Å². The van der Waals surface area contributed by atoms with Crippen molar-refractivity contribution in [2.24, 2.45) is 0 Å². The molecule has 0 unspecified atom stereocenters. The highest BCUT2D eigenvalue weighted by Gasteiger charge is 2.23. The molecule has 2 heterocycles. The summed E-state index contributed by atoms with van der Waals surface area (Å²) in [4.78, 5) is 2.46. The van der Waals surface area contributed by atoms with Crippen molar-refractivity contribution in [3.8, 4) is 0 Å². The van der Waals surface area contributed by atoms with Crippen LogP contribution in [0.1, 0.15) is 33.4 Å². The van der Waals surface area contributed by atoms with Crippen LogP contribution in [0.4, 0.5) is 0 Å². The summed E-state index contributed by atoms with van der Waals surface area (Å²) in [6.07, 6.45) is 1.57. The summed E-state index contributed by atoms with van der Waals surface area (Å²) in [7, 11) is 4.58. The predicted octanol–water partition coefficient (Wildman–Crippen LogP) is 2.64. The van der Waals surface area contributed by atoms with Crippen LogP contribution in [0.3, 0.4) is 0 Å². The van der Waals surface area contributed by atoms with Crippen LogP contribution in [0.2, 0.25) is 0 Å². The molecule has 1 fully saturated rings. The second-order valence-electron chi connectivity index (χ2n) is 5.27. The predicted molar refractivity (Wildman–Crippen MR) is 87.1 cm³/mol. The van der Waals surface area contributed by atoms with Gasteiger partial charge in [0.05, 0.1) is 40.4 Å². The number of piperazine rings is 1. The molecule has 0 radical (unpaired) electrons. The summed E-state index contributed by atoms with van der Waals surface area (Å²) in [6.45, 7) is 15.1. The van der Waals surface area contributed by atoms with Crippen molar-refractivity contribution in [2.45, 2.75) is 34.3 Å². The van der Waals surface area contributed by atoms with E-state index < -0.39 is 0 Å². The van der Waals surface area contributed by atoms with Gasteiger partial charge in [-0.15, -0.1) is 0 Å². The highest BCUT2D eigenvalue weighted by molar-refractivity contribution is 4.92. The number of ether oxygens (including phenoxy) is 1. The van der Waals surface area contributed by atoms with E-state index in [0.29, 0.717) is 6.61 Å². The topological polar surface area (TPSA) is 38.5 Å². The van der Waals surface area contributed by atoms with Gasteiger partial charge < -0.3 is 13.7 Å². The molecule has 0 aromatic carbocycles. The van der Waals surface area contributed by atoms with Gasteiger partial charge in [0.25, 0.3) is 0 Å². The summed E-state index contributed by atoms with van der Waals surface area (Å²) < 4.78 is 11.4. The van der Waals surface area contributed by atoms with Gasteiger partial charge in [0.2, 0.25) is 0 Å². The monoisotopic (exact) mass is 300 g/mol. The third-order valence-electron chi connectivity index (χ3n) is 3.34. The first-order valence-electron chi connectivity index (χ1n) is 8.17. The molecule has 0 atom stereocenters. The lowest BCUT2D eigenvalue weighted by Gasteiger charge is -2.38. The van der Waals surface area contributed by atoms with Crippen molar-refractivity contribution >= 4 is 0 Å². The highest BCUT2D eigenvalue weighted by atomic mass is 16.5. The minimum absolute atomic E-state index is 0.548. The Labute approximate surface area is 130 Å². The van der Waals surface area contributed by atoms with Crippen molar-refractivity contribution in [1.82, 2.24) is 10.1 Å². The third kappa shape index (κ3) is 8.86. The maximum atomic E-state index is 5.56. The summed E-state index contributed by atoms with van der Waals surface area (Å²) in [5.41, 5.74) is 0.862. The Bertz CT molecular complexity index is 316. The molecule has 0 saturated carbocycles. The molecule has 0 aliphatic carbocycles. The van der Waals surface area contributed by atoms with Crippen LogP contribution >= 0.6 is 0 Å². The van der Waals surface area contributed by atoms with E-state index in [1.165, 1.54) is 26.2 Å². The van der Waals surface area contributed by atoms with E-state index in [1.54, 1.807) is 6.26 Å². The zero-order valence-corrected chi connectivity index (χ0v) is 14.8. The van der Waals surface area contributed by atoms with Gasteiger partial charge >= 0.3 is 0 Å². The first kappa shape index (κ1) is 20.1. The minimum atomic E-state index is 0.548. The largest absolute Gasteiger partial charge is 0.374 e. The van der Waals surface area contributed by atoms with E-state index in [2.05, 4.69) is 24.2 Å². The molecule has 5 heteroatoms. The number of aromatic nitrogens is 1. The molecule has 124 valence electrons. The maximum absolute atomic E-state index is 5.56. The molecule has 1 aliphatic heterocycles. The first-order chi connectivity index (χ1) is 10.2. The highest BCUT2D eigenvalue weighted by Crippen LogP contribution is 2.06. The Morgan fingerprint density at radius 3 is 2.33 bits per heavy atom.